The highest BCUT2D eigenvalue weighted by molar-refractivity contribution is 7.92. The largest absolute Gasteiger partial charge is 0.497 e. The first-order valence-corrected chi connectivity index (χ1v) is 14.0. The van der Waals surface area contributed by atoms with Gasteiger partial charge in [-0.2, -0.15) is 0 Å². The van der Waals surface area contributed by atoms with Crippen molar-refractivity contribution >= 4 is 27.5 Å². The molecule has 3 aromatic carbocycles. The summed E-state index contributed by atoms with van der Waals surface area (Å²) in [6.45, 7) is 5.48. The third kappa shape index (κ3) is 6.72. The van der Waals surface area contributed by atoms with Crippen molar-refractivity contribution in [3.05, 3.63) is 90.0 Å². The van der Waals surface area contributed by atoms with Gasteiger partial charge in [0.15, 0.2) is 0 Å². The SMILES string of the molecule is CCNC(=O)C(CC)N(Cc1cccc(OC)c1)C(=O)CN(c1ccccc1C)S(=O)(=O)c1ccccc1. The van der Waals surface area contributed by atoms with Crippen LogP contribution < -0.4 is 14.4 Å². The molecule has 38 heavy (non-hydrogen) atoms. The van der Waals surface area contributed by atoms with E-state index in [0.29, 0.717) is 30.0 Å². The third-order valence-corrected chi connectivity index (χ3v) is 7.99. The lowest BCUT2D eigenvalue weighted by Gasteiger charge is -2.33. The van der Waals surface area contributed by atoms with Crippen LogP contribution in [0.4, 0.5) is 5.69 Å². The highest BCUT2D eigenvalue weighted by Crippen LogP contribution is 2.27. The van der Waals surface area contributed by atoms with E-state index in [9.17, 15) is 18.0 Å². The maximum atomic E-state index is 14.0. The van der Waals surface area contributed by atoms with Crippen molar-refractivity contribution in [2.75, 3.05) is 24.5 Å². The van der Waals surface area contributed by atoms with Gasteiger partial charge < -0.3 is 15.0 Å². The fourth-order valence-corrected chi connectivity index (χ4v) is 5.76. The van der Waals surface area contributed by atoms with Gasteiger partial charge in [0.25, 0.3) is 10.0 Å². The molecule has 0 aliphatic heterocycles. The van der Waals surface area contributed by atoms with E-state index in [-0.39, 0.29) is 17.3 Å². The average Bonchev–Trinajstić information content (AvgIpc) is 2.92. The predicted octanol–water partition coefficient (Wildman–Crippen LogP) is 4.14. The monoisotopic (exact) mass is 537 g/mol. The number of aryl methyl sites for hydroxylation is 1. The van der Waals surface area contributed by atoms with Crippen LogP contribution in [0.25, 0.3) is 0 Å². The van der Waals surface area contributed by atoms with Crippen LogP contribution in [0.5, 0.6) is 5.75 Å². The molecule has 9 heteroatoms. The molecular weight excluding hydrogens is 502 g/mol. The van der Waals surface area contributed by atoms with Gasteiger partial charge in [-0.3, -0.25) is 13.9 Å². The van der Waals surface area contributed by atoms with Gasteiger partial charge in [-0.05, 0) is 61.7 Å². The van der Waals surface area contributed by atoms with E-state index >= 15 is 0 Å². The Balaban J connectivity index is 2.07. The number of likely N-dealkylation sites (N-methyl/N-ethyl adjacent to an activating group) is 1. The molecule has 0 heterocycles. The molecule has 0 fully saturated rings. The van der Waals surface area contributed by atoms with Crippen molar-refractivity contribution in [1.29, 1.82) is 0 Å². The Morgan fingerprint density at radius 3 is 2.26 bits per heavy atom. The highest BCUT2D eigenvalue weighted by atomic mass is 32.2. The minimum atomic E-state index is -4.09. The molecule has 0 aliphatic rings. The summed E-state index contributed by atoms with van der Waals surface area (Å²) in [7, 11) is -2.53. The number of carbonyl (C=O) groups excluding carboxylic acids is 2. The molecule has 0 saturated heterocycles. The number of ether oxygens (including phenoxy) is 1. The minimum Gasteiger partial charge on any atom is -0.497 e. The molecule has 0 bridgehead atoms. The number of benzene rings is 3. The highest BCUT2D eigenvalue weighted by Gasteiger charge is 2.34. The lowest BCUT2D eigenvalue weighted by molar-refractivity contribution is -0.140. The van der Waals surface area contributed by atoms with Crippen molar-refractivity contribution in [2.24, 2.45) is 0 Å². The van der Waals surface area contributed by atoms with Gasteiger partial charge in [0.05, 0.1) is 17.7 Å². The smallest absolute Gasteiger partial charge is 0.264 e. The number of para-hydroxylation sites is 1. The molecular formula is C29H35N3O5S. The van der Waals surface area contributed by atoms with Crippen LogP contribution in [0.1, 0.15) is 31.4 Å². The van der Waals surface area contributed by atoms with E-state index < -0.39 is 28.5 Å². The summed E-state index contributed by atoms with van der Waals surface area (Å²) in [6.07, 6.45) is 0.358. The van der Waals surface area contributed by atoms with E-state index in [0.717, 1.165) is 9.87 Å². The molecule has 0 radical (unpaired) electrons. The molecule has 1 unspecified atom stereocenters. The zero-order valence-electron chi connectivity index (χ0n) is 22.3. The van der Waals surface area contributed by atoms with Crippen LogP contribution in [0.2, 0.25) is 0 Å². The Morgan fingerprint density at radius 1 is 0.947 bits per heavy atom. The molecule has 0 saturated carbocycles. The Morgan fingerprint density at radius 2 is 1.63 bits per heavy atom. The van der Waals surface area contributed by atoms with Gasteiger partial charge in [0.1, 0.15) is 18.3 Å². The second-order valence-electron chi connectivity index (χ2n) is 8.80. The zero-order valence-corrected chi connectivity index (χ0v) is 23.1. The molecule has 202 valence electrons. The third-order valence-electron chi connectivity index (χ3n) is 6.22. The normalized spacial score (nSPS) is 11.9. The van der Waals surface area contributed by atoms with Crippen molar-refractivity contribution in [2.45, 2.75) is 44.7 Å². The minimum absolute atomic E-state index is 0.0752. The number of hydrogen-bond acceptors (Lipinski definition) is 5. The van der Waals surface area contributed by atoms with Crippen molar-refractivity contribution in [3.63, 3.8) is 0 Å². The van der Waals surface area contributed by atoms with Crippen LogP contribution in [0, 0.1) is 6.92 Å². The van der Waals surface area contributed by atoms with E-state index in [2.05, 4.69) is 5.32 Å². The van der Waals surface area contributed by atoms with E-state index in [4.69, 9.17) is 4.74 Å². The molecule has 2 amide bonds. The van der Waals surface area contributed by atoms with Crippen molar-refractivity contribution in [1.82, 2.24) is 10.2 Å². The number of sulfonamides is 1. The molecule has 0 aliphatic carbocycles. The number of carbonyl (C=O) groups is 2. The van der Waals surface area contributed by atoms with E-state index in [1.165, 1.54) is 17.0 Å². The number of nitrogens with one attached hydrogen (secondary N) is 1. The maximum absolute atomic E-state index is 14.0. The summed E-state index contributed by atoms with van der Waals surface area (Å²) in [5, 5.41) is 2.80. The number of methoxy groups -OCH3 is 1. The maximum Gasteiger partial charge on any atom is 0.264 e. The lowest BCUT2D eigenvalue weighted by atomic mass is 10.1. The quantitative estimate of drug-likeness (QED) is 0.375. The fourth-order valence-electron chi connectivity index (χ4n) is 4.26. The second-order valence-corrected chi connectivity index (χ2v) is 10.7. The lowest BCUT2D eigenvalue weighted by Crippen LogP contribution is -2.52. The number of rotatable bonds is 12. The second kappa shape index (κ2) is 13.1. The summed E-state index contributed by atoms with van der Waals surface area (Å²) < 4.78 is 34.1. The molecule has 8 nitrogen and oxygen atoms in total. The topological polar surface area (TPSA) is 96.0 Å². The number of hydrogen-bond donors (Lipinski definition) is 1. The van der Waals surface area contributed by atoms with Gasteiger partial charge in [-0.1, -0.05) is 55.5 Å². The number of anilines is 1. The number of nitrogens with zero attached hydrogens (tertiary/aromatic N) is 2. The number of amides is 2. The fraction of sp³-hybridized carbons (Fsp3) is 0.310. The van der Waals surface area contributed by atoms with E-state index in [1.807, 2.05) is 32.0 Å². The summed E-state index contributed by atoms with van der Waals surface area (Å²) in [6, 6.07) is 21.5. The molecule has 0 spiro atoms. The first-order chi connectivity index (χ1) is 18.2. The summed E-state index contributed by atoms with van der Waals surface area (Å²) in [4.78, 5) is 28.5. The van der Waals surface area contributed by atoms with Gasteiger partial charge in [-0.25, -0.2) is 8.42 Å². The summed E-state index contributed by atoms with van der Waals surface area (Å²) in [5.74, 6) is -0.164. The van der Waals surface area contributed by atoms with Crippen LogP contribution >= 0.6 is 0 Å². The van der Waals surface area contributed by atoms with Crippen LogP contribution in [-0.2, 0) is 26.2 Å². The predicted molar refractivity (Wildman–Crippen MR) is 148 cm³/mol. The van der Waals surface area contributed by atoms with Crippen molar-refractivity contribution in [3.8, 4) is 5.75 Å². The molecule has 0 aromatic heterocycles. The van der Waals surface area contributed by atoms with Crippen LogP contribution in [-0.4, -0.2) is 51.4 Å². The van der Waals surface area contributed by atoms with E-state index in [1.54, 1.807) is 62.6 Å². The van der Waals surface area contributed by atoms with Gasteiger partial charge in [0, 0.05) is 13.1 Å². The molecule has 1 N–H and O–H groups in total. The van der Waals surface area contributed by atoms with Crippen LogP contribution in [0.15, 0.2) is 83.8 Å². The molecule has 3 rings (SSSR count). The summed E-state index contributed by atoms with van der Waals surface area (Å²) >= 11 is 0. The zero-order chi connectivity index (χ0) is 27.7. The van der Waals surface area contributed by atoms with Gasteiger partial charge in [-0.15, -0.1) is 0 Å². The Kier molecular flexibility index (Phi) is 9.90. The summed E-state index contributed by atoms with van der Waals surface area (Å²) in [5.41, 5.74) is 1.86. The Labute approximate surface area is 225 Å². The average molecular weight is 538 g/mol. The van der Waals surface area contributed by atoms with Gasteiger partial charge in [0.2, 0.25) is 11.8 Å². The van der Waals surface area contributed by atoms with Crippen LogP contribution in [0.3, 0.4) is 0 Å². The molecule has 3 aromatic rings. The molecule has 1 atom stereocenters. The van der Waals surface area contributed by atoms with Crippen molar-refractivity contribution < 1.29 is 22.7 Å². The Bertz CT molecular complexity index is 1350. The first-order valence-electron chi connectivity index (χ1n) is 12.6. The Hall–Kier alpha value is -3.85. The van der Waals surface area contributed by atoms with Gasteiger partial charge >= 0.3 is 0 Å². The first kappa shape index (κ1) is 28.7. The standard InChI is InChI=1S/C29H35N3O5S/c1-5-26(29(34)30-6-2)31(20-23-14-12-15-24(19-23)37-4)28(33)21-32(27-18-11-10-13-22(27)3)38(35,36)25-16-8-7-9-17-25/h7-19,26H,5-6,20-21H2,1-4H3,(H,30,34).